The van der Waals surface area contributed by atoms with Crippen LogP contribution in [0.25, 0.3) is 0 Å². The number of hydrogen-bond donors (Lipinski definition) is 0. The first kappa shape index (κ1) is 16.0. The topological polar surface area (TPSA) is 46.6 Å². The van der Waals surface area contributed by atoms with Crippen molar-refractivity contribution in [2.75, 3.05) is 6.54 Å². The van der Waals surface area contributed by atoms with E-state index in [1.807, 2.05) is 6.92 Å². The molecule has 122 valence electrons. The van der Waals surface area contributed by atoms with E-state index >= 15 is 0 Å². The molecule has 0 aliphatic carbocycles. The number of rotatable bonds is 3. The fourth-order valence-electron chi connectivity index (χ4n) is 3.95. The first-order valence-corrected chi connectivity index (χ1v) is 9.45. The molecule has 0 spiro atoms. The quantitative estimate of drug-likeness (QED) is 0.802. The summed E-state index contributed by atoms with van der Waals surface area (Å²) in [7, 11) is -3.67. The van der Waals surface area contributed by atoms with Gasteiger partial charge in [0.25, 0.3) is 10.1 Å². The van der Waals surface area contributed by atoms with Crippen molar-refractivity contribution >= 4 is 10.1 Å². The van der Waals surface area contributed by atoms with Crippen molar-refractivity contribution in [3.8, 4) is 0 Å². The largest absolute Gasteiger partial charge is 0.297 e. The van der Waals surface area contributed by atoms with Crippen molar-refractivity contribution in [2.24, 2.45) is 0 Å². The van der Waals surface area contributed by atoms with Crippen LogP contribution in [0.2, 0.25) is 0 Å². The molecule has 0 radical (unpaired) electrons. The first-order valence-electron chi connectivity index (χ1n) is 8.05. The molecule has 4 nitrogen and oxygen atoms in total. The average molecular weight is 323 g/mol. The average Bonchev–Trinajstić information content (AvgIpc) is 2.87. The molecule has 0 unspecified atom stereocenters. The second-order valence-electron chi connectivity index (χ2n) is 7.23. The van der Waals surface area contributed by atoms with Gasteiger partial charge in [0, 0.05) is 11.6 Å². The maximum absolute atomic E-state index is 12.5. The Morgan fingerprint density at radius 3 is 2.59 bits per heavy atom. The number of fused-ring (bicyclic) bond motifs is 1. The van der Waals surface area contributed by atoms with Gasteiger partial charge in [0.15, 0.2) is 0 Å². The van der Waals surface area contributed by atoms with Crippen LogP contribution >= 0.6 is 0 Å². The summed E-state index contributed by atoms with van der Waals surface area (Å²) in [6.07, 6.45) is 3.70. The molecule has 5 heteroatoms. The Hall–Kier alpha value is -0.910. The fourth-order valence-corrected chi connectivity index (χ4v) is 5.04. The van der Waals surface area contributed by atoms with Gasteiger partial charge in [0.2, 0.25) is 0 Å². The number of piperidine rings is 1. The van der Waals surface area contributed by atoms with Crippen LogP contribution in [0, 0.1) is 6.92 Å². The molecule has 22 heavy (non-hydrogen) atoms. The van der Waals surface area contributed by atoms with Gasteiger partial charge in [-0.05, 0) is 65.1 Å². The van der Waals surface area contributed by atoms with E-state index in [1.165, 1.54) is 6.42 Å². The third-order valence-electron chi connectivity index (χ3n) is 4.99. The number of aryl methyl sites for hydroxylation is 1. The van der Waals surface area contributed by atoms with Gasteiger partial charge in [-0.3, -0.25) is 9.08 Å². The number of nitrogens with zero attached hydrogens (tertiary/aromatic N) is 1. The van der Waals surface area contributed by atoms with Crippen LogP contribution in [0.4, 0.5) is 0 Å². The summed E-state index contributed by atoms with van der Waals surface area (Å²) < 4.78 is 30.6. The molecule has 2 heterocycles. The molecule has 2 aliphatic rings. The van der Waals surface area contributed by atoms with Gasteiger partial charge in [0.1, 0.15) is 0 Å². The standard InChI is InChI=1S/C17H25NO3S/c1-13-6-8-16(9-7-13)22(19,20)21-15-11-14-5-4-10-18(14)17(2,3)12-15/h6-9,14-15H,4-5,10-12H2,1-3H3/t14-,15-/m0/s1. The van der Waals surface area contributed by atoms with Crippen LogP contribution in [0.15, 0.2) is 29.2 Å². The minimum atomic E-state index is -3.67. The Bertz CT molecular complexity index is 636. The van der Waals surface area contributed by atoms with Gasteiger partial charge < -0.3 is 0 Å². The molecular weight excluding hydrogens is 298 g/mol. The molecule has 1 aromatic rings. The second kappa shape index (κ2) is 5.62. The van der Waals surface area contributed by atoms with E-state index in [9.17, 15) is 8.42 Å². The van der Waals surface area contributed by atoms with Crippen molar-refractivity contribution in [3.05, 3.63) is 29.8 Å². The Kier molecular flexibility index (Phi) is 4.08. The van der Waals surface area contributed by atoms with Gasteiger partial charge in [-0.2, -0.15) is 8.42 Å². The summed E-state index contributed by atoms with van der Waals surface area (Å²) in [6.45, 7) is 7.45. The highest BCUT2D eigenvalue weighted by molar-refractivity contribution is 7.86. The lowest BCUT2D eigenvalue weighted by atomic mass is 9.85. The van der Waals surface area contributed by atoms with Gasteiger partial charge >= 0.3 is 0 Å². The van der Waals surface area contributed by atoms with Crippen molar-refractivity contribution in [3.63, 3.8) is 0 Å². The van der Waals surface area contributed by atoms with E-state index in [1.54, 1.807) is 24.3 Å². The van der Waals surface area contributed by atoms with Gasteiger partial charge in [-0.1, -0.05) is 17.7 Å². The maximum atomic E-state index is 12.5. The molecular formula is C17H25NO3S. The summed E-state index contributed by atoms with van der Waals surface area (Å²) in [5.41, 5.74) is 1.05. The van der Waals surface area contributed by atoms with Crippen molar-refractivity contribution in [2.45, 2.75) is 69.0 Å². The van der Waals surface area contributed by atoms with Crippen molar-refractivity contribution in [1.82, 2.24) is 4.90 Å². The molecule has 0 saturated carbocycles. The van der Waals surface area contributed by atoms with Crippen LogP contribution in [-0.2, 0) is 14.3 Å². The number of benzene rings is 1. The molecule has 1 aromatic carbocycles. The molecule has 0 amide bonds. The molecule has 0 aromatic heterocycles. The van der Waals surface area contributed by atoms with E-state index in [4.69, 9.17) is 4.18 Å². The van der Waals surface area contributed by atoms with Crippen LogP contribution in [0.5, 0.6) is 0 Å². The second-order valence-corrected chi connectivity index (χ2v) is 8.80. The van der Waals surface area contributed by atoms with Crippen molar-refractivity contribution in [1.29, 1.82) is 0 Å². The van der Waals surface area contributed by atoms with E-state index in [-0.39, 0.29) is 16.5 Å². The first-order chi connectivity index (χ1) is 10.3. The molecule has 2 aliphatic heterocycles. The minimum Gasteiger partial charge on any atom is -0.295 e. The van der Waals surface area contributed by atoms with Gasteiger partial charge in [-0.25, -0.2) is 0 Å². The summed E-state index contributed by atoms with van der Waals surface area (Å²) >= 11 is 0. The Labute approximate surface area is 133 Å². The summed E-state index contributed by atoms with van der Waals surface area (Å²) in [4.78, 5) is 2.77. The van der Waals surface area contributed by atoms with E-state index in [0.29, 0.717) is 6.04 Å². The van der Waals surface area contributed by atoms with E-state index < -0.39 is 10.1 Å². The van der Waals surface area contributed by atoms with E-state index in [2.05, 4.69) is 18.7 Å². The molecule has 3 rings (SSSR count). The van der Waals surface area contributed by atoms with Crippen LogP contribution < -0.4 is 0 Å². The summed E-state index contributed by atoms with van der Waals surface area (Å²) in [6, 6.07) is 7.32. The lowest BCUT2D eigenvalue weighted by molar-refractivity contribution is -0.00744. The summed E-state index contributed by atoms with van der Waals surface area (Å²) in [5, 5.41) is 0. The third kappa shape index (κ3) is 3.07. The molecule has 2 atom stereocenters. The fraction of sp³-hybridized carbons (Fsp3) is 0.647. The lowest BCUT2D eigenvalue weighted by Crippen LogP contribution is -2.54. The van der Waals surface area contributed by atoms with Crippen LogP contribution in [0.1, 0.15) is 45.1 Å². The molecule has 0 bridgehead atoms. The van der Waals surface area contributed by atoms with Gasteiger partial charge in [-0.15, -0.1) is 0 Å². The van der Waals surface area contributed by atoms with Crippen LogP contribution in [-0.4, -0.2) is 37.5 Å². The highest BCUT2D eigenvalue weighted by atomic mass is 32.2. The Morgan fingerprint density at radius 2 is 1.91 bits per heavy atom. The Balaban J connectivity index is 1.76. The zero-order valence-electron chi connectivity index (χ0n) is 13.6. The normalized spacial score (nSPS) is 28.5. The minimum absolute atomic E-state index is 0.00682. The maximum Gasteiger partial charge on any atom is 0.297 e. The molecule has 2 fully saturated rings. The third-order valence-corrected chi connectivity index (χ3v) is 6.36. The van der Waals surface area contributed by atoms with E-state index in [0.717, 1.165) is 31.4 Å². The predicted molar refractivity (Wildman–Crippen MR) is 86.3 cm³/mol. The van der Waals surface area contributed by atoms with Gasteiger partial charge in [0.05, 0.1) is 11.0 Å². The molecule has 2 saturated heterocycles. The van der Waals surface area contributed by atoms with Crippen molar-refractivity contribution < 1.29 is 12.6 Å². The van der Waals surface area contributed by atoms with Crippen LogP contribution in [0.3, 0.4) is 0 Å². The zero-order valence-corrected chi connectivity index (χ0v) is 14.4. The predicted octanol–water partition coefficient (Wildman–Crippen LogP) is 3.11. The molecule has 0 N–H and O–H groups in total. The SMILES string of the molecule is Cc1ccc(S(=O)(=O)O[C@H]2C[C@@H]3CCCN3C(C)(C)C2)cc1. The highest BCUT2D eigenvalue weighted by Crippen LogP contribution is 2.39. The number of hydrogen-bond acceptors (Lipinski definition) is 4. The lowest BCUT2D eigenvalue weighted by Gasteiger charge is -2.47. The highest BCUT2D eigenvalue weighted by Gasteiger charge is 2.44. The summed E-state index contributed by atoms with van der Waals surface area (Å²) in [5.74, 6) is 0. The Morgan fingerprint density at radius 1 is 1.23 bits per heavy atom. The smallest absolute Gasteiger partial charge is 0.295 e. The monoisotopic (exact) mass is 323 g/mol. The zero-order chi connectivity index (χ0) is 16.0.